The van der Waals surface area contributed by atoms with Gasteiger partial charge in [0, 0.05) is 23.5 Å². The van der Waals surface area contributed by atoms with E-state index < -0.39 is 0 Å². The van der Waals surface area contributed by atoms with Crippen molar-refractivity contribution in [1.29, 1.82) is 0 Å². The number of nitrogens with one attached hydrogen (secondary N) is 1. The van der Waals surface area contributed by atoms with Crippen molar-refractivity contribution in [3.05, 3.63) is 65.0 Å². The molecule has 20 heavy (non-hydrogen) atoms. The fourth-order valence-electron chi connectivity index (χ4n) is 1.90. The number of H-pyrrole nitrogens is 1. The zero-order chi connectivity index (χ0) is 13.9. The molecular weight excluding hydrogens is 256 g/mol. The second-order valence-corrected chi connectivity index (χ2v) is 4.28. The highest BCUT2D eigenvalue weighted by Crippen LogP contribution is 2.18. The standard InChI is InChI=1S/C14H12N4O2/c19-8-11-7-18(9-15-11)12-3-1-10(2-4-12)13-5-6-14(20)17-16-13/h1-7,9,19H,8H2,(H,17,20). The van der Waals surface area contributed by atoms with Gasteiger partial charge in [0.2, 0.25) is 0 Å². The van der Waals surface area contributed by atoms with E-state index in [1.54, 1.807) is 18.6 Å². The number of rotatable bonds is 3. The van der Waals surface area contributed by atoms with Crippen LogP contribution >= 0.6 is 0 Å². The van der Waals surface area contributed by atoms with Gasteiger partial charge in [-0.15, -0.1) is 0 Å². The highest BCUT2D eigenvalue weighted by Gasteiger charge is 2.02. The fourth-order valence-corrected chi connectivity index (χ4v) is 1.90. The lowest BCUT2D eigenvalue weighted by molar-refractivity contribution is 0.277. The van der Waals surface area contributed by atoms with E-state index in [0.29, 0.717) is 11.4 Å². The monoisotopic (exact) mass is 268 g/mol. The Labute approximate surface area is 114 Å². The molecule has 0 fully saturated rings. The Kier molecular flexibility index (Phi) is 3.14. The lowest BCUT2D eigenvalue weighted by Gasteiger charge is -2.04. The molecule has 3 rings (SSSR count). The summed E-state index contributed by atoms with van der Waals surface area (Å²) < 4.78 is 1.83. The van der Waals surface area contributed by atoms with E-state index in [0.717, 1.165) is 11.3 Å². The first-order chi connectivity index (χ1) is 9.76. The number of aromatic amines is 1. The average molecular weight is 268 g/mol. The number of imidazole rings is 1. The van der Waals surface area contributed by atoms with Crippen LogP contribution in [0.1, 0.15) is 5.69 Å². The zero-order valence-electron chi connectivity index (χ0n) is 10.5. The highest BCUT2D eigenvalue weighted by atomic mass is 16.3. The number of hydrogen-bond donors (Lipinski definition) is 2. The van der Waals surface area contributed by atoms with Gasteiger partial charge in [0.25, 0.3) is 5.56 Å². The molecule has 0 radical (unpaired) electrons. The Bertz CT molecular complexity index is 754. The molecule has 100 valence electrons. The molecule has 0 bridgehead atoms. The second kappa shape index (κ2) is 5.10. The van der Waals surface area contributed by atoms with Gasteiger partial charge >= 0.3 is 0 Å². The summed E-state index contributed by atoms with van der Waals surface area (Å²) in [5, 5.41) is 15.4. The van der Waals surface area contributed by atoms with Gasteiger partial charge in [0.05, 0.1) is 24.3 Å². The lowest BCUT2D eigenvalue weighted by atomic mass is 10.1. The maximum Gasteiger partial charge on any atom is 0.264 e. The average Bonchev–Trinajstić information content (AvgIpc) is 2.97. The number of nitrogens with zero attached hydrogens (tertiary/aromatic N) is 3. The summed E-state index contributed by atoms with van der Waals surface area (Å²) in [4.78, 5) is 15.0. The number of hydrogen-bond acceptors (Lipinski definition) is 4. The maximum absolute atomic E-state index is 11.0. The van der Waals surface area contributed by atoms with Crippen molar-refractivity contribution in [1.82, 2.24) is 19.7 Å². The fraction of sp³-hybridized carbons (Fsp3) is 0.0714. The molecular formula is C14H12N4O2. The van der Waals surface area contributed by atoms with E-state index in [4.69, 9.17) is 5.11 Å². The molecule has 3 aromatic rings. The molecule has 0 atom stereocenters. The molecule has 6 heteroatoms. The summed E-state index contributed by atoms with van der Waals surface area (Å²) in [7, 11) is 0. The molecule has 2 heterocycles. The first kappa shape index (κ1) is 12.3. The van der Waals surface area contributed by atoms with Gasteiger partial charge < -0.3 is 9.67 Å². The molecule has 0 saturated heterocycles. The van der Waals surface area contributed by atoms with E-state index in [-0.39, 0.29) is 12.2 Å². The van der Waals surface area contributed by atoms with Crippen molar-refractivity contribution in [3.63, 3.8) is 0 Å². The summed E-state index contributed by atoms with van der Waals surface area (Å²) in [5.41, 5.74) is 2.95. The summed E-state index contributed by atoms with van der Waals surface area (Å²) in [5.74, 6) is 0. The van der Waals surface area contributed by atoms with E-state index in [1.807, 2.05) is 28.8 Å². The molecule has 0 aliphatic rings. The number of aromatic nitrogens is 4. The number of aliphatic hydroxyl groups is 1. The second-order valence-electron chi connectivity index (χ2n) is 4.28. The first-order valence-electron chi connectivity index (χ1n) is 6.06. The maximum atomic E-state index is 11.0. The normalized spacial score (nSPS) is 10.7. The Hall–Kier alpha value is -2.73. The molecule has 0 spiro atoms. The Morgan fingerprint density at radius 1 is 1.15 bits per heavy atom. The molecule has 1 aromatic carbocycles. The highest BCUT2D eigenvalue weighted by molar-refractivity contribution is 5.60. The molecule has 0 aliphatic carbocycles. The predicted octanol–water partition coefficient (Wildman–Crippen LogP) is 1.11. The van der Waals surface area contributed by atoms with Crippen LogP contribution in [0.3, 0.4) is 0 Å². The van der Waals surface area contributed by atoms with Crippen LogP contribution in [0, 0.1) is 0 Å². The topological polar surface area (TPSA) is 83.8 Å². The minimum absolute atomic E-state index is 0.0770. The van der Waals surface area contributed by atoms with Crippen molar-refractivity contribution >= 4 is 0 Å². The minimum atomic E-state index is -0.222. The minimum Gasteiger partial charge on any atom is -0.390 e. The predicted molar refractivity (Wildman–Crippen MR) is 73.3 cm³/mol. The Balaban J connectivity index is 1.91. The van der Waals surface area contributed by atoms with Gasteiger partial charge in [0.1, 0.15) is 0 Å². The molecule has 2 N–H and O–H groups in total. The van der Waals surface area contributed by atoms with Crippen molar-refractivity contribution < 1.29 is 5.11 Å². The SMILES string of the molecule is O=c1ccc(-c2ccc(-n3cnc(CO)c3)cc2)n[nH]1. The van der Waals surface area contributed by atoms with E-state index in [2.05, 4.69) is 15.2 Å². The summed E-state index contributed by atoms with van der Waals surface area (Å²) >= 11 is 0. The van der Waals surface area contributed by atoms with Crippen LogP contribution in [0.25, 0.3) is 16.9 Å². The van der Waals surface area contributed by atoms with Crippen LogP contribution in [-0.2, 0) is 6.61 Å². The summed E-state index contributed by atoms with van der Waals surface area (Å²) in [6, 6.07) is 10.8. The van der Waals surface area contributed by atoms with Crippen molar-refractivity contribution in [3.8, 4) is 16.9 Å². The van der Waals surface area contributed by atoms with Gasteiger partial charge in [-0.05, 0) is 18.2 Å². The van der Waals surface area contributed by atoms with E-state index in [1.165, 1.54) is 6.07 Å². The number of aliphatic hydroxyl groups excluding tert-OH is 1. The van der Waals surface area contributed by atoms with Crippen LogP contribution in [0.15, 0.2) is 53.7 Å². The molecule has 0 unspecified atom stereocenters. The van der Waals surface area contributed by atoms with Crippen LogP contribution in [0.4, 0.5) is 0 Å². The number of benzene rings is 1. The van der Waals surface area contributed by atoms with Gasteiger partial charge in [-0.1, -0.05) is 12.1 Å². The van der Waals surface area contributed by atoms with Crippen molar-refractivity contribution in [2.75, 3.05) is 0 Å². The molecule has 6 nitrogen and oxygen atoms in total. The zero-order valence-corrected chi connectivity index (χ0v) is 10.5. The van der Waals surface area contributed by atoms with Crippen LogP contribution in [0.5, 0.6) is 0 Å². The smallest absolute Gasteiger partial charge is 0.264 e. The third-order valence-corrected chi connectivity index (χ3v) is 2.94. The molecule has 0 aliphatic heterocycles. The van der Waals surface area contributed by atoms with Crippen LogP contribution in [-0.4, -0.2) is 24.9 Å². The van der Waals surface area contributed by atoms with Gasteiger partial charge in [-0.25, -0.2) is 10.1 Å². The molecule has 0 amide bonds. The quantitative estimate of drug-likeness (QED) is 0.745. The summed E-state index contributed by atoms with van der Waals surface area (Å²) in [6.07, 6.45) is 3.42. The molecule has 2 aromatic heterocycles. The third-order valence-electron chi connectivity index (χ3n) is 2.94. The third kappa shape index (κ3) is 2.36. The van der Waals surface area contributed by atoms with Crippen LogP contribution < -0.4 is 5.56 Å². The van der Waals surface area contributed by atoms with Gasteiger partial charge in [-0.3, -0.25) is 4.79 Å². The van der Waals surface area contributed by atoms with E-state index in [9.17, 15) is 4.79 Å². The molecule has 0 saturated carbocycles. The lowest BCUT2D eigenvalue weighted by Crippen LogP contribution is -2.05. The first-order valence-corrected chi connectivity index (χ1v) is 6.06. The van der Waals surface area contributed by atoms with Gasteiger partial charge in [0.15, 0.2) is 0 Å². The largest absolute Gasteiger partial charge is 0.390 e. The Morgan fingerprint density at radius 3 is 2.55 bits per heavy atom. The van der Waals surface area contributed by atoms with Crippen molar-refractivity contribution in [2.24, 2.45) is 0 Å². The van der Waals surface area contributed by atoms with Crippen molar-refractivity contribution in [2.45, 2.75) is 6.61 Å². The van der Waals surface area contributed by atoms with E-state index >= 15 is 0 Å². The Morgan fingerprint density at radius 2 is 1.95 bits per heavy atom. The summed E-state index contributed by atoms with van der Waals surface area (Å²) in [6.45, 7) is -0.0770. The van der Waals surface area contributed by atoms with Gasteiger partial charge in [-0.2, -0.15) is 5.10 Å². The van der Waals surface area contributed by atoms with Crippen LogP contribution in [0.2, 0.25) is 0 Å².